The second-order valence-electron chi connectivity index (χ2n) is 6.19. The van der Waals surface area contributed by atoms with Gasteiger partial charge < -0.3 is 5.11 Å². The first-order valence-electron chi connectivity index (χ1n) is 7.29. The molecule has 4 heteroatoms. The highest BCUT2D eigenvalue weighted by atomic mass is 32.2. The number of sulfone groups is 1. The summed E-state index contributed by atoms with van der Waals surface area (Å²) in [4.78, 5) is 0. The van der Waals surface area contributed by atoms with Crippen molar-refractivity contribution in [3.05, 3.63) is 34.9 Å². The molecule has 0 saturated heterocycles. The molecule has 1 aromatic carbocycles. The molecule has 1 aliphatic carbocycles. The van der Waals surface area contributed by atoms with E-state index in [1.165, 1.54) is 0 Å². The number of hydrogen-bond acceptors (Lipinski definition) is 3. The molecule has 1 aromatic rings. The monoisotopic (exact) mass is 296 g/mol. The van der Waals surface area contributed by atoms with Crippen LogP contribution in [-0.2, 0) is 15.6 Å². The molecule has 0 spiro atoms. The minimum atomic E-state index is -3.29. The maximum Gasteiger partial charge on any atom is 0.157 e. The topological polar surface area (TPSA) is 54.4 Å². The summed E-state index contributed by atoms with van der Waals surface area (Å²) >= 11 is 0. The summed E-state index contributed by atoms with van der Waals surface area (Å²) in [5, 5.41) is 10.4. The summed E-state index contributed by atoms with van der Waals surface area (Å²) in [5.41, 5.74) is 1.88. The highest BCUT2D eigenvalue weighted by Crippen LogP contribution is 2.30. The molecule has 2 rings (SSSR count). The third-order valence-corrected chi connectivity index (χ3v) is 5.99. The van der Waals surface area contributed by atoms with Crippen molar-refractivity contribution in [2.45, 2.75) is 57.3 Å². The lowest BCUT2D eigenvalue weighted by Gasteiger charge is -2.31. The average Bonchev–Trinajstić information content (AvgIpc) is 2.33. The van der Waals surface area contributed by atoms with Gasteiger partial charge in [-0.3, -0.25) is 0 Å². The molecule has 0 radical (unpaired) electrons. The maximum atomic E-state index is 12.4. The van der Waals surface area contributed by atoms with E-state index < -0.39 is 15.4 Å². The van der Waals surface area contributed by atoms with Crippen LogP contribution in [0.15, 0.2) is 18.2 Å². The van der Waals surface area contributed by atoms with Gasteiger partial charge in [0.25, 0.3) is 0 Å². The van der Waals surface area contributed by atoms with Gasteiger partial charge in [0.05, 0.1) is 17.1 Å². The van der Waals surface area contributed by atoms with E-state index in [1.807, 2.05) is 32.0 Å². The van der Waals surface area contributed by atoms with Crippen LogP contribution in [0.2, 0.25) is 0 Å². The van der Waals surface area contributed by atoms with Crippen LogP contribution in [0.4, 0.5) is 0 Å². The van der Waals surface area contributed by atoms with E-state index in [1.54, 1.807) is 0 Å². The fourth-order valence-corrected chi connectivity index (χ4v) is 5.22. The lowest BCUT2D eigenvalue weighted by molar-refractivity contribution is 0.0257. The van der Waals surface area contributed by atoms with Crippen LogP contribution in [0.5, 0.6) is 0 Å². The molecule has 112 valence electrons. The molecule has 0 aliphatic heterocycles. The molecule has 1 saturated carbocycles. The first-order valence-corrected chi connectivity index (χ1v) is 9.11. The third kappa shape index (κ3) is 3.83. The van der Waals surface area contributed by atoms with E-state index in [4.69, 9.17) is 0 Å². The van der Waals surface area contributed by atoms with E-state index >= 15 is 0 Å². The van der Waals surface area contributed by atoms with E-state index in [-0.39, 0.29) is 11.5 Å². The zero-order chi connectivity index (χ0) is 14.8. The number of rotatable bonds is 4. The van der Waals surface area contributed by atoms with Crippen molar-refractivity contribution in [2.75, 3.05) is 5.75 Å². The van der Waals surface area contributed by atoms with Crippen LogP contribution >= 0.6 is 0 Å². The molecule has 0 atom stereocenters. The normalized spacial score (nSPS) is 18.9. The predicted octanol–water partition coefficient (Wildman–Crippen LogP) is 2.91. The first kappa shape index (κ1) is 15.5. The van der Waals surface area contributed by atoms with Crippen molar-refractivity contribution in [3.63, 3.8) is 0 Å². The van der Waals surface area contributed by atoms with Gasteiger partial charge in [0.2, 0.25) is 0 Å². The van der Waals surface area contributed by atoms with Crippen LogP contribution in [0.25, 0.3) is 0 Å². The number of benzene rings is 1. The number of aliphatic hydroxyl groups is 1. The lowest BCUT2D eigenvalue weighted by Crippen LogP contribution is -2.39. The van der Waals surface area contributed by atoms with Gasteiger partial charge in [-0.05, 0) is 43.4 Å². The number of aryl methyl sites for hydroxylation is 2. The summed E-state index contributed by atoms with van der Waals surface area (Å²) in [6.07, 6.45) is 4.17. The molecule has 20 heavy (non-hydrogen) atoms. The van der Waals surface area contributed by atoms with Crippen molar-refractivity contribution in [3.8, 4) is 0 Å². The van der Waals surface area contributed by atoms with Crippen molar-refractivity contribution >= 4 is 9.84 Å². The van der Waals surface area contributed by atoms with Gasteiger partial charge in [0.15, 0.2) is 9.84 Å². The third-order valence-electron chi connectivity index (χ3n) is 4.28. The van der Waals surface area contributed by atoms with Gasteiger partial charge in [-0.25, -0.2) is 8.42 Å². The Labute approximate surface area is 121 Å². The van der Waals surface area contributed by atoms with Crippen molar-refractivity contribution in [1.82, 2.24) is 0 Å². The molecular formula is C16H24O3S. The highest BCUT2D eigenvalue weighted by molar-refractivity contribution is 7.90. The molecule has 0 heterocycles. The van der Waals surface area contributed by atoms with Gasteiger partial charge in [-0.15, -0.1) is 0 Å². The standard InChI is InChI=1S/C16H24O3S/c1-13-7-6-8-14(2)15(13)11-20(18,19)12-16(17)9-4-3-5-10-16/h6-8,17H,3-5,9-12H2,1-2H3. The van der Waals surface area contributed by atoms with E-state index in [0.717, 1.165) is 36.0 Å². The Kier molecular flexibility index (Phi) is 4.55. The minimum Gasteiger partial charge on any atom is -0.389 e. The van der Waals surface area contributed by atoms with Gasteiger partial charge in [0, 0.05) is 0 Å². The summed E-state index contributed by atoms with van der Waals surface area (Å²) in [7, 11) is -3.29. The Bertz CT molecular complexity index is 549. The van der Waals surface area contributed by atoms with Gasteiger partial charge in [-0.2, -0.15) is 0 Å². The maximum absolute atomic E-state index is 12.4. The molecule has 0 bridgehead atoms. The van der Waals surface area contributed by atoms with Gasteiger partial charge in [0.1, 0.15) is 0 Å². The number of hydrogen-bond donors (Lipinski definition) is 1. The molecule has 1 fully saturated rings. The Hall–Kier alpha value is -0.870. The fourth-order valence-electron chi connectivity index (χ4n) is 3.11. The SMILES string of the molecule is Cc1cccc(C)c1CS(=O)(=O)CC1(O)CCCCC1. The molecule has 1 aliphatic rings. The van der Waals surface area contributed by atoms with Crippen LogP contribution in [0.3, 0.4) is 0 Å². The second-order valence-corrected chi connectivity index (χ2v) is 8.25. The summed E-state index contributed by atoms with van der Waals surface area (Å²) < 4.78 is 24.8. The first-order chi connectivity index (χ1) is 9.31. The molecular weight excluding hydrogens is 272 g/mol. The fraction of sp³-hybridized carbons (Fsp3) is 0.625. The van der Waals surface area contributed by atoms with Crippen molar-refractivity contribution in [1.29, 1.82) is 0 Å². The average molecular weight is 296 g/mol. The Morgan fingerprint density at radius 1 is 1.10 bits per heavy atom. The van der Waals surface area contributed by atoms with Crippen LogP contribution in [0, 0.1) is 13.8 Å². The molecule has 0 aromatic heterocycles. The smallest absolute Gasteiger partial charge is 0.157 e. The van der Waals surface area contributed by atoms with E-state index in [2.05, 4.69) is 0 Å². The Morgan fingerprint density at radius 2 is 1.65 bits per heavy atom. The molecule has 0 unspecified atom stereocenters. The van der Waals surface area contributed by atoms with Crippen LogP contribution < -0.4 is 0 Å². The van der Waals surface area contributed by atoms with Crippen molar-refractivity contribution in [2.24, 2.45) is 0 Å². The highest BCUT2D eigenvalue weighted by Gasteiger charge is 2.34. The zero-order valence-corrected chi connectivity index (χ0v) is 13.2. The minimum absolute atomic E-state index is 0.0355. The van der Waals surface area contributed by atoms with Gasteiger partial charge >= 0.3 is 0 Å². The molecule has 3 nitrogen and oxygen atoms in total. The summed E-state index contributed by atoms with van der Waals surface area (Å²) in [6.45, 7) is 3.88. The molecule has 1 N–H and O–H groups in total. The quantitative estimate of drug-likeness (QED) is 0.929. The summed E-state index contributed by atoms with van der Waals surface area (Å²) in [5.74, 6) is -0.0679. The van der Waals surface area contributed by atoms with Crippen LogP contribution in [0.1, 0.15) is 48.8 Å². The van der Waals surface area contributed by atoms with Crippen LogP contribution in [-0.4, -0.2) is 24.9 Å². The lowest BCUT2D eigenvalue weighted by atomic mass is 9.86. The Morgan fingerprint density at radius 3 is 2.20 bits per heavy atom. The van der Waals surface area contributed by atoms with Gasteiger partial charge in [-0.1, -0.05) is 37.5 Å². The second kappa shape index (κ2) is 5.86. The summed E-state index contributed by atoms with van der Waals surface area (Å²) in [6, 6.07) is 5.82. The van der Waals surface area contributed by atoms with Crippen molar-refractivity contribution < 1.29 is 13.5 Å². The van der Waals surface area contributed by atoms with E-state index in [0.29, 0.717) is 12.8 Å². The molecule has 0 amide bonds. The Balaban J connectivity index is 2.15. The zero-order valence-electron chi connectivity index (χ0n) is 12.4. The predicted molar refractivity (Wildman–Crippen MR) is 81.4 cm³/mol. The largest absolute Gasteiger partial charge is 0.389 e. The van der Waals surface area contributed by atoms with E-state index in [9.17, 15) is 13.5 Å².